The van der Waals surface area contributed by atoms with Crippen molar-refractivity contribution in [2.24, 2.45) is 5.73 Å². The third-order valence-electron chi connectivity index (χ3n) is 6.45. The lowest BCUT2D eigenvalue weighted by molar-refractivity contribution is 0.514. The number of nitrogens with one attached hydrogen (secondary N) is 2. The van der Waals surface area contributed by atoms with Crippen LogP contribution in [0.2, 0.25) is 0 Å². The van der Waals surface area contributed by atoms with Gasteiger partial charge in [-0.3, -0.25) is 10.1 Å². The molecular formula is C26H22N8S. The number of H-pyrrole nitrogens is 2. The number of rotatable bonds is 4. The van der Waals surface area contributed by atoms with Gasteiger partial charge in [0.05, 0.1) is 29.3 Å². The Hall–Kier alpha value is -4.08. The number of hydrogen-bond acceptors (Lipinski definition) is 7. The largest absolute Gasteiger partial charge is 0.353 e. The Labute approximate surface area is 204 Å². The van der Waals surface area contributed by atoms with E-state index in [2.05, 4.69) is 68.4 Å². The molecule has 6 heterocycles. The summed E-state index contributed by atoms with van der Waals surface area (Å²) in [4.78, 5) is 22.3. The first-order valence-corrected chi connectivity index (χ1v) is 12.3. The molecule has 0 bridgehead atoms. The van der Waals surface area contributed by atoms with E-state index in [1.165, 1.54) is 20.7 Å². The monoisotopic (exact) mass is 478 g/mol. The van der Waals surface area contributed by atoms with E-state index in [1.807, 2.05) is 12.1 Å². The van der Waals surface area contributed by atoms with E-state index in [1.54, 1.807) is 23.7 Å². The van der Waals surface area contributed by atoms with Gasteiger partial charge in [0.2, 0.25) is 0 Å². The number of hydrogen-bond donors (Lipinski definition) is 3. The van der Waals surface area contributed by atoms with Crippen molar-refractivity contribution in [3.63, 3.8) is 0 Å². The zero-order valence-electron chi connectivity index (χ0n) is 19.0. The molecule has 0 unspecified atom stereocenters. The molecule has 0 aliphatic carbocycles. The quantitative estimate of drug-likeness (QED) is 0.337. The second-order valence-corrected chi connectivity index (χ2v) is 10.2. The molecule has 8 nitrogen and oxygen atoms in total. The predicted octanol–water partition coefficient (Wildman–Crippen LogP) is 4.75. The lowest BCUT2D eigenvalue weighted by Gasteiger charge is -2.37. The summed E-state index contributed by atoms with van der Waals surface area (Å²) < 4.78 is 0. The van der Waals surface area contributed by atoms with Gasteiger partial charge in [-0.05, 0) is 43.3 Å². The molecular weight excluding hydrogens is 456 g/mol. The Morgan fingerprint density at radius 2 is 1.91 bits per heavy atom. The van der Waals surface area contributed by atoms with Crippen molar-refractivity contribution in [1.29, 1.82) is 0 Å². The van der Waals surface area contributed by atoms with E-state index in [0.717, 1.165) is 58.2 Å². The molecule has 1 aliphatic heterocycles. The van der Waals surface area contributed by atoms with Crippen molar-refractivity contribution >= 4 is 39.1 Å². The molecule has 1 fully saturated rings. The topological polar surface area (TPSA) is 112 Å². The summed E-state index contributed by atoms with van der Waals surface area (Å²) in [5.41, 5.74) is 13.1. The van der Waals surface area contributed by atoms with E-state index < -0.39 is 0 Å². The maximum atomic E-state index is 5.93. The van der Waals surface area contributed by atoms with Crippen LogP contribution in [-0.4, -0.2) is 49.3 Å². The SMILES string of the molecule is Cc1ccc(-c2cccc3[nH]c(-c4n[nH]c5ccc(-c6cncc(N7CC(N)C7)n6)nc45)cc23)s1. The van der Waals surface area contributed by atoms with E-state index in [9.17, 15) is 0 Å². The number of nitrogens with two attached hydrogens (primary N) is 1. The van der Waals surface area contributed by atoms with Gasteiger partial charge < -0.3 is 15.6 Å². The lowest BCUT2D eigenvalue weighted by Crippen LogP contribution is -2.56. The van der Waals surface area contributed by atoms with Gasteiger partial charge >= 0.3 is 0 Å². The van der Waals surface area contributed by atoms with E-state index >= 15 is 0 Å². The van der Waals surface area contributed by atoms with Crippen LogP contribution in [0, 0.1) is 6.92 Å². The summed E-state index contributed by atoms with van der Waals surface area (Å²) in [5, 5.41) is 8.90. The molecule has 1 aliphatic rings. The summed E-state index contributed by atoms with van der Waals surface area (Å²) in [6.07, 6.45) is 3.52. The predicted molar refractivity (Wildman–Crippen MR) is 140 cm³/mol. The average molecular weight is 479 g/mol. The minimum Gasteiger partial charge on any atom is -0.353 e. The molecule has 0 radical (unpaired) electrons. The fourth-order valence-corrected chi connectivity index (χ4v) is 5.54. The summed E-state index contributed by atoms with van der Waals surface area (Å²) in [6, 6.07) is 17.0. The minimum atomic E-state index is 0.198. The van der Waals surface area contributed by atoms with Crippen LogP contribution < -0.4 is 10.6 Å². The summed E-state index contributed by atoms with van der Waals surface area (Å²) in [6.45, 7) is 3.72. The van der Waals surface area contributed by atoms with Gasteiger partial charge in [0, 0.05) is 45.4 Å². The number of anilines is 1. The Kier molecular flexibility index (Phi) is 4.48. The maximum absolute atomic E-state index is 5.93. The maximum Gasteiger partial charge on any atom is 0.147 e. The molecule has 0 spiro atoms. The van der Waals surface area contributed by atoms with E-state index in [-0.39, 0.29) is 6.04 Å². The van der Waals surface area contributed by atoms with Crippen LogP contribution in [0.1, 0.15) is 4.88 Å². The Morgan fingerprint density at radius 3 is 2.74 bits per heavy atom. The highest BCUT2D eigenvalue weighted by Crippen LogP contribution is 2.36. The molecule has 9 heteroatoms. The summed E-state index contributed by atoms with van der Waals surface area (Å²) in [5.74, 6) is 0.825. The van der Waals surface area contributed by atoms with Crippen molar-refractivity contribution in [1.82, 2.24) is 30.1 Å². The summed E-state index contributed by atoms with van der Waals surface area (Å²) in [7, 11) is 0. The number of aromatic nitrogens is 6. The number of fused-ring (bicyclic) bond motifs is 2. The standard InChI is InChI=1S/C26H22N8S/c1-14-5-8-23(35-14)16-3-2-4-18-17(16)9-21(29-18)26-25-20(32-33-26)7-6-19(31-25)22-10-28-11-24(30-22)34-12-15(27)13-34/h2-11,15,29H,12-13,27H2,1H3,(H,32,33). The number of pyridine rings is 1. The first kappa shape index (κ1) is 20.3. The van der Waals surface area contributed by atoms with Crippen LogP contribution >= 0.6 is 11.3 Å². The van der Waals surface area contributed by atoms with Crippen molar-refractivity contribution in [2.45, 2.75) is 13.0 Å². The van der Waals surface area contributed by atoms with Gasteiger partial charge in [-0.1, -0.05) is 12.1 Å². The molecule has 7 rings (SSSR count). The van der Waals surface area contributed by atoms with Crippen LogP contribution in [0.3, 0.4) is 0 Å². The fraction of sp³-hybridized carbons (Fsp3) is 0.154. The van der Waals surface area contributed by atoms with E-state index in [4.69, 9.17) is 15.7 Å². The van der Waals surface area contributed by atoms with Crippen molar-refractivity contribution in [3.05, 3.63) is 65.8 Å². The normalized spacial score (nSPS) is 14.2. The van der Waals surface area contributed by atoms with Crippen LogP contribution in [0.25, 0.3) is 55.2 Å². The van der Waals surface area contributed by atoms with Crippen LogP contribution in [-0.2, 0) is 0 Å². The Morgan fingerprint density at radius 1 is 1.00 bits per heavy atom. The van der Waals surface area contributed by atoms with Crippen molar-refractivity contribution < 1.29 is 0 Å². The zero-order chi connectivity index (χ0) is 23.5. The number of aryl methyl sites for hydroxylation is 1. The van der Waals surface area contributed by atoms with E-state index in [0.29, 0.717) is 0 Å². The first-order chi connectivity index (χ1) is 17.1. The molecule has 1 aromatic carbocycles. The average Bonchev–Trinajstić information content (AvgIpc) is 3.59. The second-order valence-electron chi connectivity index (χ2n) is 8.95. The number of aromatic amines is 2. The molecule has 0 saturated carbocycles. The van der Waals surface area contributed by atoms with Crippen LogP contribution in [0.4, 0.5) is 5.82 Å². The zero-order valence-corrected chi connectivity index (χ0v) is 19.8. The molecule has 4 N–H and O–H groups in total. The third kappa shape index (κ3) is 3.39. The van der Waals surface area contributed by atoms with Gasteiger partial charge in [-0.15, -0.1) is 11.3 Å². The van der Waals surface area contributed by atoms with Gasteiger partial charge in [0.1, 0.15) is 22.7 Å². The van der Waals surface area contributed by atoms with Crippen molar-refractivity contribution in [3.8, 4) is 33.2 Å². The molecule has 0 atom stereocenters. The van der Waals surface area contributed by atoms with Gasteiger partial charge in [0.15, 0.2) is 0 Å². The highest BCUT2D eigenvalue weighted by molar-refractivity contribution is 7.15. The molecule has 6 aromatic rings. The molecule has 5 aromatic heterocycles. The van der Waals surface area contributed by atoms with Crippen LogP contribution in [0.15, 0.2) is 60.9 Å². The van der Waals surface area contributed by atoms with Gasteiger partial charge in [0.25, 0.3) is 0 Å². The minimum absolute atomic E-state index is 0.198. The first-order valence-electron chi connectivity index (χ1n) is 11.5. The number of benzene rings is 1. The molecule has 0 amide bonds. The smallest absolute Gasteiger partial charge is 0.147 e. The highest BCUT2D eigenvalue weighted by Gasteiger charge is 2.25. The molecule has 172 valence electrons. The fourth-order valence-electron chi connectivity index (χ4n) is 4.64. The lowest BCUT2D eigenvalue weighted by atomic mass is 10.1. The van der Waals surface area contributed by atoms with Crippen molar-refractivity contribution in [2.75, 3.05) is 18.0 Å². The molecule has 1 saturated heterocycles. The highest BCUT2D eigenvalue weighted by atomic mass is 32.1. The third-order valence-corrected chi connectivity index (χ3v) is 7.48. The Balaban J connectivity index is 1.31. The van der Waals surface area contributed by atoms with Gasteiger partial charge in [-0.25, -0.2) is 9.97 Å². The summed E-state index contributed by atoms with van der Waals surface area (Å²) >= 11 is 1.80. The molecule has 35 heavy (non-hydrogen) atoms. The number of nitrogens with zero attached hydrogens (tertiary/aromatic N) is 5. The number of thiophene rings is 1. The second kappa shape index (κ2) is 7.72. The Bertz CT molecular complexity index is 1710. The van der Waals surface area contributed by atoms with Crippen LogP contribution in [0.5, 0.6) is 0 Å². The van der Waals surface area contributed by atoms with Gasteiger partial charge in [-0.2, -0.15) is 5.10 Å².